The summed E-state index contributed by atoms with van der Waals surface area (Å²) in [5, 5.41) is 8.10. The molecular weight excluding hydrogens is 401 g/mol. The molecule has 1 atom stereocenters. The fourth-order valence-electron chi connectivity index (χ4n) is 3.68. The van der Waals surface area contributed by atoms with Crippen LogP contribution >= 0.6 is 0 Å². The summed E-state index contributed by atoms with van der Waals surface area (Å²) in [5.41, 5.74) is 3.59. The van der Waals surface area contributed by atoms with Crippen molar-refractivity contribution in [3.05, 3.63) is 70.7 Å². The second kappa shape index (κ2) is 9.54. The third kappa shape index (κ3) is 5.46. The van der Waals surface area contributed by atoms with Crippen LogP contribution in [-0.2, 0) is 6.54 Å². The molecule has 0 radical (unpaired) electrons. The number of aryl methyl sites for hydroxylation is 3. The van der Waals surface area contributed by atoms with Gasteiger partial charge in [-0.2, -0.15) is 18.3 Å². The molecule has 166 valence electrons. The lowest BCUT2D eigenvalue weighted by molar-refractivity contribution is -0.0883. The Balaban J connectivity index is 1.96. The Labute approximate surface area is 181 Å². The molecule has 0 saturated carbocycles. The van der Waals surface area contributed by atoms with Gasteiger partial charge in [0.2, 0.25) is 0 Å². The predicted molar refractivity (Wildman–Crippen MR) is 119 cm³/mol. The monoisotopic (exact) mass is 430 g/mol. The lowest BCUT2D eigenvalue weighted by atomic mass is 10.0. The van der Waals surface area contributed by atoms with Crippen LogP contribution in [0.3, 0.4) is 0 Å². The Bertz CT molecular complexity index is 1010. The van der Waals surface area contributed by atoms with Gasteiger partial charge in [-0.25, -0.2) is 4.98 Å². The second-order valence-electron chi connectivity index (χ2n) is 7.84. The van der Waals surface area contributed by atoms with Gasteiger partial charge in [-0.05, 0) is 69.4 Å². The fourth-order valence-corrected chi connectivity index (χ4v) is 3.68. The van der Waals surface area contributed by atoms with E-state index in [1.807, 2.05) is 36.9 Å². The quantitative estimate of drug-likeness (QED) is 0.519. The van der Waals surface area contributed by atoms with Gasteiger partial charge < -0.3 is 5.32 Å². The van der Waals surface area contributed by atoms with Gasteiger partial charge in [-0.15, -0.1) is 0 Å². The minimum absolute atomic E-state index is 0.00438. The van der Waals surface area contributed by atoms with Crippen molar-refractivity contribution in [2.24, 2.45) is 0 Å². The van der Waals surface area contributed by atoms with E-state index in [-0.39, 0.29) is 6.04 Å². The topological polar surface area (TPSA) is 42.7 Å². The summed E-state index contributed by atoms with van der Waals surface area (Å²) >= 11 is 0. The first kappa shape index (κ1) is 22.8. The predicted octanol–water partition coefficient (Wildman–Crippen LogP) is 6.70. The molecule has 0 bridgehead atoms. The number of alkyl halides is 3. The van der Waals surface area contributed by atoms with Crippen LogP contribution in [0.4, 0.5) is 19.0 Å². The first-order chi connectivity index (χ1) is 14.7. The van der Waals surface area contributed by atoms with Crippen LogP contribution < -0.4 is 5.32 Å². The van der Waals surface area contributed by atoms with Crippen molar-refractivity contribution in [2.45, 2.75) is 65.7 Å². The van der Waals surface area contributed by atoms with E-state index < -0.39 is 11.7 Å². The summed E-state index contributed by atoms with van der Waals surface area (Å²) in [6.07, 6.45) is 5.39. The van der Waals surface area contributed by atoms with Gasteiger partial charge in [0.15, 0.2) is 0 Å². The fraction of sp³-hybridized carbons (Fsp3) is 0.417. The Hall–Kier alpha value is -2.83. The number of rotatable bonds is 6. The second-order valence-corrected chi connectivity index (χ2v) is 7.84. The largest absolute Gasteiger partial charge is 0.416 e. The molecular formula is C24H29F3N4. The molecule has 0 aromatic carbocycles. The molecule has 2 aromatic heterocycles. The molecule has 0 aliphatic carbocycles. The van der Waals surface area contributed by atoms with Crippen molar-refractivity contribution >= 4 is 11.4 Å². The maximum Gasteiger partial charge on any atom is 0.416 e. The average molecular weight is 431 g/mol. The highest BCUT2D eigenvalue weighted by Gasteiger charge is 2.32. The summed E-state index contributed by atoms with van der Waals surface area (Å²) in [7, 11) is 0. The molecule has 1 aliphatic heterocycles. The van der Waals surface area contributed by atoms with E-state index in [0.717, 1.165) is 42.0 Å². The normalized spacial score (nSPS) is 17.8. The van der Waals surface area contributed by atoms with Crippen molar-refractivity contribution in [2.75, 3.05) is 5.32 Å². The molecule has 3 heterocycles. The zero-order valence-electron chi connectivity index (χ0n) is 18.4. The highest BCUT2D eigenvalue weighted by molar-refractivity contribution is 5.74. The Morgan fingerprint density at radius 1 is 1.26 bits per heavy atom. The molecule has 1 aliphatic rings. The number of hydrogen-bond acceptors (Lipinski definition) is 3. The van der Waals surface area contributed by atoms with E-state index in [2.05, 4.69) is 15.4 Å². The molecule has 31 heavy (non-hydrogen) atoms. The number of allylic oxidation sites excluding steroid dienone is 6. The third-order valence-corrected chi connectivity index (χ3v) is 5.43. The van der Waals surface area contributed by atoms with Gasteiger partial charge in [0.25, 0.3) is 0 Å². The molecule has 0 fully saturated rings. The first-order valence-corrected chi connectivity index (χ1v) is 10.6. The molecule has 2 aromatic rings. The number of nitrogens with one attached hydrogen (secondary N) is 1. The molecule has 0 amide bonds. The number of hydrogen-bond donors (Lipinski definition) is 1. The van der Waals surface area contributed by atoms with Gasteiger partial charge in [0.05, 0.1) is 23.0 Å². The minimum Gasteiger partial charge on any atom is -0.362 e. The molecule has 4 nitrogen and oxygen atoms in total. The van der Waals surface area contributed by atoms with Crippen molar-refractivity contribution in [1.82, 2.24) is 14.8 Å². The van der Waals surface area contributed by atoms with Crippen LogP contribution in [0.15, 0.2) is 48.2 Å². The molecule has 0 spiro atoms. The molecule has 7 heteroatoms. The number of nitrogens with zero attached hydrogens (tertiary/aromatic N) is 3. The third-order valence-electron chi connectivity index (χ3n) is 5.43. The summed E-state index contributed by atoms with van der Waals surface area (Å²) in [6.45, 7) is 8.29. The Kier molecular flexibility index (Phi) is 7.03. The first-order valence-electron chi connectivity index (χ1n) is 10.6. The number of aromatic nitrogens is 3. The Morgan fingerprint density at radius 2 is 2.03 bits per heavy atom. The van der Waals surface area contributed by atoms with E-state index in [1.165, 1.54) is 12.2 Å². The lowest BCUT2D eigenvalue weighted by Crippen LogP contribution is -2.22. The van der Waals surface area contributed by atoms with E-state index in [0.29, 0.717) is 17.7 Å². The Morgan fingerprint density at radius 3 is 2.68 bits per heavy atom. The zero-order chi connectivity index (χ0) is 22.6. The van der Waals surface area contributed by atoms with Gasteiger partial charge in [-0.1, -0.05) is 25.2 Å². The number of pyridine rings is 1. The number of halogens is 3. The van der Waals surface area contributed by atoms with E-state index in [4.69, 9.17) is 0 Å². The van der Waals surface area contributed by atoms with Crippen molar-refractivity contribution < 1.29 is 13.2 Å². The highest BCUT2D eigenvalue weighted by atomic mass is 19.4. The van der Waals surface area contributed by atoms with Gasteiger partial charge >= 0.3 is 6.18 Å². The average Bonchev–Trinajstić information content (AvgIpc) is 3.14. The van der Waals surface area contributed by atoms with Gasteiger partial charge in [0.1, 0.15) is 5.82 Å². The van der Waals surface area contributed by atoms with Crippen molar-refractivity contribution in [3.8, 4) is 0 Å². The summed E-state index contributed by atoms with van der Waals surface area (Å²) < 4.78 is 42.2. The van der Waals surface area contributed by atoms with Gasteiger partial charge in [-0.3, -0.25) is 4.68 Å². The highest BCUT2D eigenvalue weighted by Crippen LogP contribution is 2.33. The summed E-state index contributed by atoms with van der Waals surface area (Å²) in [5.74, 6) is 0.791. The molecule has 1 unspecified atom stereocenters. The van der Waals surface area contributed by atoms with Crippen LogP contribution in [0.1, 0.15) is 61.7 Å². The van der Waals surface area contributed by atoms with Crippen LogP contribution in [-0.4, -0.2) is 20.9 Å². The molecule has 1 N–H and O–H groups in total. The van der Waals surface area contributed by atoms with Crippen LogP contribution in [0.25, 0.3) is 5.57 Å². The van der Waals surface area contributed by atoms with Gasteiger partial charge in [0, 0.05) is 18.3 Å². The zero-order valence-corrected chi connectivity index (χ0v) is 18.4. The minimum atomic E-state index is -4.40. The summed E-state index contributed by atoms with van der Waals surface area (Å²) in [4.78, 5) is 4.47. The SMILES string of the molecule is C\C=C/C(=C\C(=C\CC)C(F)(F)F)c1cc2n(n1)CCCC2Nc1cc(C)c(C)cn1. The lowest BCUT2D eigenvalue weighted by Gasteiger charge is -2.25. The van der Waals surface area contributed by atoms with Crippen LogP contribution in [0, 0.1) is 13.8 Å². The van der Waals surface area contributed by atoms with Crippen molar-refractivity contribution in [3.63, 3.8) is 0 Å². The van der Waals surface area contributed by atoms with E-state index in [1.54, 1.807) is 26.0 Å². The van der Waals surface area contributed by atoms with Crippen LogP contribution in [0.2, 0.25) is 0 Å². The molecule has 0 saturated heterocycles. The van der Waals surface area contributed by atoms with E-state index >= 15 is 0 Å². The van der Waals surface area contributed by atoms with Crippen molar-refractivity contribution in [1.29, 1.82) is 0 Å². The standard InChI is InChI=1S/C24H29F3N4/c1-5-8-18(13-19(9-6-2)24(25,26)27)21-14-22-20(10-7-11-31(22)30-21)29-23-12-16(3)17(4)15-28-23/h5,8-9,12-15,20H,6-7,10-11H2,1-4H3,(H,28,29)/b8-5-,18-13+,19-9-. The maximum absolute atomic E-state index is 13.4. The molecule has 3 rings (SSSR count). The summed E-state index contributed by atoms with van der Waals surface area (Å²) in [6, 6.07) is 3.91. The maximum atomic E-state index is 13.4. The number of anilines is 1. The number of fused-ring (bicyclic) bond motifs is 1. The van der Waals surface area contributed by atoms with E-state index in [9.17, 15) is 13.2 Å². The smallest absolute Gasteiger partial charge is 0.362 e. The van der Waals surface area contributed by atoms with Crippen LogP contribution in [0.5, 0.6) is 0 Å².